The van der Waals surface area contributed by atoms with Crippen LogP contribution in [0.1, 0.15) is 55.7 Å². The minimum absolute atomic E-state index is 0.0600. The van der Waals surface area contributed by atoms with Crippen molar-refractivity contribution in [2.75, 3.05) is 0 Å². The molecule has 1 atom stereocenters. The van der Waals surface area contributed by atoms with E-state index in [0.717, 1.165) is 17.7 Å². The fourth-order valence-electron chi connectivity index (χ4n) is 4.20. The fraction of sp³-hybridized carbons (Fsp3) is 0.391. The molecule has 4 rings (SSSR count). The van der Waals surface area contributed by atoms with E-state index >= 15 is 0 Å². The molecule has 29 heavy (non-hydrogen) atoms. The average Bonchev–Trinajstić information content (AvgIpc) is 3.30. The Balaban J connectivity index is 1.40. The molecule has 0 aliphatic heterocycles. The molecule has 0 bridgehead atoms. The average molecular weight is 390 g/mol. The largest absolute Gasteiger partial charge is 0.349 e. The minimum atomic E-state index is 0.0600. The van der Waals surface area contributed by atoms with Crippen LogP contribution < -0.4 is 5.32 Å². The van der Waals surface area contributed by atoms with Gasteiger partial charge in [-0.15, -0.1) is 5.10 Å². The van der Waals surface area contributed by atoms with Gasteiger partial charge < -0.3 is 5.32 Å². The maximum atomic E-state index is 12.8. The zero-order chi connectivity index (χ0) is 19.9. The number of hydrogen-bond donors (Lipinski definition) is 1. The third-order valence-electron chi connectivity index (χ3n) is 5.75. The summed E-state index contributed by atoms with van der Waals surface area (Å²) in [7, 11) is 0. The Labute approximate surface area is 171 Å². The summed E-state index contributed by atoms with van der Waals surface area (Å²) in [5, 5.41) is 14.5. The third kappa shape index (κ3) is 5.28. The Hall–Kier alpha value is -3.02. The molecule has 1 saturated carbocycles. The Kier molecular flexibility index (Phi) is 6.29. The van der Waals surface area contributed by atoms with Gasteiger partial charge in [0, 0.05) is 0 Å². The lowest BCUT2D eigenvalue weighted by Gasteiger charge is -2.27. The van der Waals surface area contributed by atoms with Crippen molar-refractivity contribution < 1.29 is 4.79 Å². The summed E-state index contributed by atoms with van der Waals surface area (Å²) in [4.78, 5) is 12.8. The van der Waals surface area contributed by atoms with Crippen LogP contribution in [0.5, 0.6) is 0 Å². The van der Waals surface area contributed by atoms with Crippen LogP contribution in [-0.4, -0.2) is 26.1 Å². The molecule has 0 saturated heterocycles. The van der Waals surface area contributed by atoms with Crippen LogP contribution in [0.3, 0.4) is 0 Å². The summed E-state index contributed by atoms with van der Waals surface area (Å²) < 4.78 is 1.60. The number of tetrazole rings is 1. The van der Waals surface area contributed by atoms with Crippen molar-refractivity contribution in [3.8, 4) is 5.69 Å². The van der Waals surface area contributed by atoms with Crippen molar-refractivity contribution in [3.05, 3.63) is 72.1 Å². The second-order valence-corrected chi connectivity index (χ2v) is 7.87. The lowest BCUT2D eigenvalue weighted by atomic mass is 9.83. The summed E-state index contributed by atoms with van der Waals surface area (Å²) in [5.74, 6) is 0.759. The second kappa shape index (κ2) is 9.45. The number of aromatic nitrogens is 4. The van der Waals surface area contributed by atoms with E-state index in [1.165, 1.54) is 37.7 Å². The van der Waals surface area contributed by atoms with E-state index < -0.39 is 0 Å². The molecule has 1 N–H and O–H groups in total. The molecule has 1 amide bonds. The Morgan fingerprint density at radius 3 is 2.48 bits per heavy atom. The zero-order valence-electron chi connectivity index (χ0n) is 16.6. The van der Waals surface area contributed by atoms with Crippen molar-refractivity contribution in [2.45, 2.75) is 51.0 Å². The van der Waals surface area contributed by atoms with E-state index in [0.29, 0.717) is 12.3 Å². The SMILES string of the molecule is O=C(Cc1ccc(-n2cnnn2)cc1)NC(CC1CCCCC1)c1ccccc1. The van der Waals surface area contributed by atoms with E-state index in [1.54, 1.807) is 11.0 Å². The summed E-state index contributed by atoms with van der Waals surface area (Å²) >= 11 is 0. The number of carbonyl (C=O) groups is 1. The molecule has 1 aliphatic carbocycles. The monoisotopic (exact) mass is 389 g/mol. The van der Waals surface area contributed by atoms with Gasteiger partial charge in [0.1, 0.15) is 6.33 Å². The highest BCUT2D eigenvalue weighted by Gasteiger charge is 2.21. The lowest BCUT2D eigenvalue weighted by Crippen LogP contribution is -2.31. The molecule has 3 aromatic rings. The van der Waals surface area contributed by atoms with Crippen LogP contribution >= 0.6 is 0 Å². The predicted molar refractivity (Wildman–Crippen MR) is 111 cm³/mol. The molecule has 2 aromatic carbocycles. The fourth-order valence-corrected chi connectivity index (χ4v) is 4.20. The number of rotatable bonds is 7. The van der Waals surface area contributed by atoms with Gasteiger partial charge in [-0.3, -0.25) is 4.79 Å². The van der Waals surface area contributed by atoms with Crippen LogP contribution in [0.25, 0.3) is 5.69 Å². The van der Waals surface area contributed by atoms with E-state index in [4.69, 9.17) is 0 Å². The number of nitrogens with one attached hydrogen (secondary N) is 1. The second-order valence-electron chi connectivity index (χ2n) is 7.87. The molecule has 1 fully saturated rings. The molecule has 150 valence electrons. The maximum Gasteiger partial charge on any atom is 0.224 e. The van der Waals surface area contributed by atoms with Gasteiger partial charge in [0.05, 0.1) is 18.2 Å². The van der Waals surface area contributed by atoms with Gasteiger partial charge in [-0.1, -0.05) is 74.6 Å². The normalized spacial score (nSPS) is 15.7. The summed E-state index contributed by atoms with van der Waals surface area (Å²) in [6.07, 6.45) is 9.46. The first-order valence-corrected chi connectivity index (χ1v) is 10.4. The summed E-state index contributed by atoms with van der Waals surface area (Å²) in [5.41, 5.74) is 3.04. The summed E-state index contributed by atoms with van der Waals surface area (Å²) in [6.45, 7) is 0. The molecule has 1 unspecified atom stereocenters. The molecular formula is C23H27N5O. The first-order valence-electron chi connectivity index (χ1n) is 10.4. The smallest absolute Gasteiger partial charge is 0.224 e. The van der Waals surface area contributed by atoms with Crippen molar-refractivity contribution in [3.63, 3.8) is 0 Å². The van der Waals surface area contributed by atoms with Crippen LogP contribution in [0.2, 0.25) is 0 Å². The van der Waals surface area contributed by atoms with Gasteiger partial charge in [0.15, 0.2) is 0 Å². The predicted octanol–water partition coefficient (Wildman–Crippen LogP) is 4.03. The van der Waals surface area contributed by atoms with Gasteiger partial charge in [0.2, 0.25) is 5.91 Å². The lowest BCUT2D eigenvalue weighted by molar-refractivity contribution is -0.121. The van der Waals surface area contributed by atoms with Gasteiger partial charge in [-0.25, -0.2) is 4.68 Å². The Morgan fingerprint density at radius 1 is 1.03 bits per heavy atom. The van der Waals surface area contributed by atoms with Crippen LogP contribution in [0.15, 0.2) is 60.9 Å². The van der Waals surface area contributed by atoms with Crippen molar-refractivity contribution in [1.29, 1.82) is 0 Å². The molecule has 1 heterocycles. The van der Waals surface area contributed by atoms with Crippen molar-refractivity contribution >= 4 is 5.91 Å². The Bertz CT molecular complexity index is 887. The maximum absolute atomic E-state index is 12.8. The number of nitrogens with zero attached hydrogens (tertiary/aromatic N) is 4. The molecule has 6 nitrogen and oxygen atoms in total. The van der Waals surface area contributed by atoms with E-state index in [2.05, 4.69) is 33.0 Å². The molecule has 1 aliphatic rings. The standard InChI is InChI=1S/C23H27N5O/c29-23(16-19-11-13-21(14-12-19)28-17-24-26-27-28)25-22(20-9-5-2-6-10-20)15-18-7-3-1-4-8-18/h2,5-6,9-14,17-18,22H,1,3-4,7-8,15-16H2,(H,25,29). The quantitative estimate of drug-likeness (QED) is 0.662. The van der Waals surface area contributed by atoms with Crippen molar-refractivity contribution in [1.82, 2.24) is 25.5 Å². The Morgan fingerprint density at radius 2 is 1.79 bits per heavy atom. The first-order chi connectivity index (χ1) is 14.3. The number of carbonyl (C=O) groups excluding carboxylic acids is 1. The van der Waals surface area contributed by atoms with Gasteiger partial charge in [-0.05, 0) is 46.0 Å². The number of amides is 1. The molecule has 0 radical (unpaired) electrons. The van der Waals surface area contributed by atoms with Gasteiger partial charge >= 0.3 is 0 Å². The van der Waals surface area contributed by atoms with Crippen LogP contribution in [0.4, 0.5) is 0 Å². The van der Waals surface area contributed by atoms with Gasteiger partial charge in [-0.2, -0.15) is 0 Å². The highest BCUT2D eigenvalue weighted by Crippen LogP contribution is 2.32. The van der Waals surface area contributed by atoms with Crippen LogP contribution in [-0.2, 0) is 11.2 Å². The summed E-state index contributed by atoms with van der Waals surface area (Å²) in [6, 6.07) is 18.2. The van der Waals surface area contributed by atoms with Gasteiger partial charge in [0.25, 0.3) is 0 Å². The van der Waals surface area contributed by atoms with E-state index in [-0.39, 0.29) is 11.9 Å². The highest BCUT2D eigenvalue weighted by molar-refractivity contribution is 5.79. The zero-order valence-corrected chi connectivity index (χ0v) is 16.6. The molecule has 6 heteroatoms. The minimum Gasteiger partial charge on any atom is -0.349 e. The first kappa shape index (κ1) is 19.3. The van der Waals surface area contributed by atoms with E-state index in [1.807, 2.05) is 42.5 Å². The topological polar surface area (TPSA) is 72.7 Å². The molecular weight excluding hydrogens is 362 g/mol. The van der Waals surface area contributed by atoms with Crippen LogP contribution in [0, 0.1) is 5.92 Å². The third-order valence-corrected chi connectivity index (χ3v) is 5.75. The van der Waals surface area contributed by atoms with E-state index in [9.17, 15) is 4.79 Å². The highest BCUT2D eigenvalue weighted by atomic mass is 16.1. The van der Waals surface area contributed by atoms with Crippen molar-refractivity contribution in [2.24, 2.45) is 5.92 Å². The molecule has 0 spiro atoms. The number of hydrogen-bond acceptors (Lipinski definition) is 4. The molecule has 1 aromatic heterocycles. The number of benzene rings is 2.